The number of benzene rings is 1. The summed E-state index contributed by atoms with van der Waals surface area (Å²) in [4.78, 5) is 24.1. The van der Waals surface area contributed by atoms with Gasteiger partial charge >= 0.3 is 5.97 Å². The Kier molecular flexibility index (Phi) is 3.95. The molecule has 0 aromatic heterocycles. The monoisotopic (exact) mass is 369 g/mol. The van der Waals surface area contributed by atoms with Gasteiger partial charge in [0.05, 0.1) is 17.0 Å². The second-order valence-electron chi connectivity index (χ2n) is 4.72. The van der Waals surface area contributed by atoms with Gasteiger partial charge in [0.25, 0.3) is 0 Å². The molecule has 0 spiro atoms. The van der Waals surface area contributed by atoms with Gasteiger partial charge in [0.15, 0.2) is 0 Å². The summed E-state index contributed by atoms with van der Waals surface area (Å²) in [5.41, 5.74) is 0.0689. The van der Waals surface area contributed by atoms with Crippen molar-refractivity contribution >= 4 is 39.6 Å². The maximum absolute atomic E-state index is 11.5. The highest BCUT2D eigenvalue weighted by Gasteiger charge is 2.45. The SMILES string of the molecule is O=C(O)C1=CC(COc2ccc(Br)cc2)S[C@@H]2CC(=O)N12. The molecule has 2 atom stereocenters. The smallest absolute Gasteiger partial charge is 0.352 e. The van der Waals surface area contributed by atoms with Crippen LogP contribution in [0.15, 0.2) is 40.5 Å². The molecule has 1 amide bonds. The molecule has 0 saturated carbocycles. The first kappa shape index (κ1) is 14.5. The molecule has 2 aliphatic rings. The van der Waals surface area contributed by atoms with Crippen molar-refractivity contribution in [2.45, 2.75) is 17.0 Å². The van der Waals surface area contributed by atoms with Gasteiger partial charge in [0.1, 0.15) is 18.1 Å². The minimum absolute atomic E-state index is 0.0689. The average Bonchev–Trinajstić information content (AvgIpc) is 2.44. The van der Waals surface area contributed by atoms with Crippen molar-refractivity contribution in [3.8, 4) is 5.75 Å². The lowest BCUT2D eigenvalue weighted by atomic mass is 10.1. The maximum atomic E-state index is 11.5. The Morgan fingerprint density at radius 2 is 2.14 bits per heavy atom. The molecular weight excluding hydrogens is 358 g/mol. The Labute approximate surface area is 134 Å². The number of carbonyl (C=O) groups is 2. The summed E-state index contributed by atoms with van der Waals surface area (Å²) >= 11 is 4.91. The van der Waals surface area contributed by atoms with E-state index >= 15 is 0 Å². The van der Waals surface area contributed by atoms with Gasteiger partial charge < -0.3 is 9.84 Å². The van der Waals surface area contributed by atoms with Crippen LogP contribution in [-0.4, -0.2) is 39.1 Å². The van der Waals surface area contributed by atoms with Crippen LogP contribution in [0.5, 0.6) is 5.75 Å². The summed E-state index contributed by atoms with van der Waals surface area (Å²) in [6.45, 7) is 0.377. The van der Waals surface area contributed by atoms with Crippen LogP contribution < -0.4 is 4.74 Å². The Morgan fingerprint density at radius 1 is 1.43 bits per heavy atom. The number of thioether (sulfide) groups is 1. The highest BCUT2D eigenvalue weighted by atomic mass is 79.9. The molecular formula is C14H12BrNO4S. The largest absolute Gasteiger partial charge is 0.492 e. The number of nitrogens with zero attached hydrogens (tertiary/aromatic N) is 1. The predicted molar refractivity (Wildman–Crippen MR) is 82.0 cm³/mol. The van der Waals surface area contributed by atoms with Crippen molar-refractivity contribution in [3.05, 3.63) is 40.5 Å². The first-order valence-electron chi connectivity index (χ1n) is 6.35. The van der Waals surface area contributed by atoms with Gasteiger partial charge in [-0.2, -0.15) is 0 Å². The Hall–Kier alpha value is -1.47. The summed E-state index contributed by atoms with van der Waals surface area (Å²) in [5, 5.41) is 9.04. The quantitative estimate of drug-likeness (QED) is 0.825. The van der Waals surface area contributed by atoms with Gasteiger partial charge in [0, 0.05) is 4.47 Å². The number of carboxylic acids is 1. The van der Waals surface area contributed by atoms with E-state index in [1.807, 2.05) is 24.3 Å². The van der Waals surface area contributed by atoms with Crippen LogP contribution in [0, 0.1) is 0 Å². The van der Waals surface area contributed by atoms with Gasteiger partial charge in [-0.05, 0) is 30.3 Å². The summed E-state index contributed by atoms with van der Waals surface area (Å²) in [7, 11) is 0. The third kappa shape index (κ3) is 2.94. The molecule has 1 unspecified atom stereocenters. The first-order chi connectivity index (χ1) is 10.0. The third-order valence-electron chi connectivity index (χ3n) is 3.29. The van der Waals surface area contributed by atoms with Crippen molar-refractivity contribution in [2.24, 2.45) is 0 Å². The summed E-state index contributed by atoms with van der Waals surface area (Å²) < 4.78 is 6.65. The summed E-state index contributed by atoms with van der Waals surface area (Å²) in [6, 6.07) is 7.46. The topological polar surface area (TPSA) is 66.8 Å². The van der Waals surface area contributed by atoms with Crippen LogP contribution in [0.1, 0.15) is 6.42 Å². The molecule has 1 aromatic carbocycles. The summed E-state index contributed by atoms with van der Waals surface area (Å²) in [5.74, 6) is -0.466. The number of rotatable bonds is 4. The van der Waals surface area contributed by atoms with Gasteiger partial charge in [-0.15, -0.1) is 11.8 Å². The Morgan fingerprint density at radius 3 is 2.76 bits per heavy atom. The predicted octanol–water partition coefficient (Wildman–Crippen LogP) is 2.47. The molecule has 1 N–H and O–H groups in total. The van der Waals surface area contributed by atoms with Crippen LogP contribution >= 0.6 is 27.7 Å². The Bertz CT molecular complexity index is 616. The van der Waals surface area contributed by atoms with E-state index in [4.69, 9.17) is 4.74 Å². The molecule has 5 nitrogen and oxygen atoms in total. The molecule has 7 heteroatoms. The van der Waals surface area contributed by atoms with Crippen LogP contribution in [-0.2, 0) is 9.59 Å². The molecule has 110 valence electrons. The number of fused-ring (bicyclic) bond motifs is 1. The number of halogens is 1. The minimum atomic E-state index is -1.07. The second kappa shape index (κ2) is 5.73. The van der Waals surface area contributed by atoms with E-state index in [0.717, 1.165) is 10.2 Å². The van der Waals surface area contributed by atoms with Crippen molar-refractivity contribution < 1.29 is 19.4 Å². The van der Waals surface area contributed by atoms with E-state index in [1.165, 1.54) is 4.90 Å². The van der Waals surface area contributed by atoms with Crippen molar-refractivity contribution in [1.82, 2.24) is 4.90 Å². The van der Waals surface area contributed by atoms with Crippen LogP contribution in [0.4, 0.5) is 0 Å². The van der Waals surface area contributed by atoms with E-state index in [0.29, 0.717) is 13.0 Å². The third-order valence-corrected chi connectivity index (χ3v) is 5.13. The van der Waals surface area contributed by atoms with E-state index in [-0.39, 0.29) is 22.2 Å². The zero-order chi connectivity index (χ0) is 15.0. The van der Waals surface area contributed by atoms with E-state index in [1.54, 1.807) is 17.8 Å². The van der Waals surface area contributed by atoms with Gasteiger partial charge in [-0.1, -0.05) is 15.9 Å². The van der Waals surface area contributed by atoms with Crippen molar-refractivity contribution in [1.29, 1.82) is 0 Å². The van der Waals surface area contributed by atoms with E-state index in [9.17, 15) is 14.7 Å². The lowest BCUT2D eigenvalue weighted by molar-refractivity contribution is -0.146. The number of hydrogen-bond donors (Lipinski definition) is 1. The Balaban J connectivity index is 1.68. The maximum Gasteiger partial charge on any atom is 0.352 e. The highest BCUT2D eigenvalue weighted by molar-refractivity contribution is 9.10. The average molecular weight is 370 g/mol. The molecule has 21 heavy (non-hydrogen) atoms. The number of aliphatic carboxylic acids is 1. The molecule has 1 aromatic rings. The second-order valence-corrected chi connectivity index (χ2v) is 7.06. The molecule has 3 rings (SSSR count). The molecule has 0 radical (unpaired) electrons. The molecule has 0 bridgehead atoms. The number of hydrogen-bond acceptors (Lipinski definition) is 4. The molecule has 1 saturated heterocycles. The van der Waals surface area contributed by atoms with Crippen molar-refractivity contribution in [2.75, 3.05) is 6.61 Å². The number of ether oxygens (including phenoxy) is 1. The fourth-order valence-electron chi connectivity index (χ4n) is 2.25. The number of amides is 1. The standard InChI is InChI=1S/C14H12BrNO4S/c15-8-1-3-9(4-2-8)20-7-10-5-11(14(18)19)16-12(17)6-13(16)21-10/h1-5,10,13H,6-7H2,(H,18,19)/t10?,13-/m1/s1. The fourth-order valence-corrected chi connectivity index (χ4v) is 3.87. The molecule has 0 aliphatic carbocycles. The minimum Gasteiger partial charge on any atom is -0.492 e. The van der Waals surface area contributed by atoms with Gasteiger partial charge in [-0.25, -0.2) is 4.79 Å². The number of β-lactam (4-membered cyclic amide) rings is 1. The lowest BCUT2D eigenvalue weighted by Crippen LogP contribution is -2.54. The van der Waals surface area contributed by atoms with Crippen molar-refractivity contribution in [3.63, 3.8) is 0 Å². The normalized spacial score (nSPS) is 24.0. The number of carbonyl (C=O) groups excluding carboxylic acids is 1. The zero-order valence-electron chi connectivity index (χ0n) is 10.9. The van der Waals surface area contributed by atoms with Crippen LogP contribution in [0.3, 0.4) is 0 Å². The first-order valence-corrected chi connectivity index (χ1v) is 8.09. The molecule has 2 aliphatic heterocycles. The van der Waals surface area contributed by atoms with Gasteiger partial charge in [0.2, 0.25) is 5.91 Å². The molecule has 1 fully saturated rings. The lowest BCUT2D eigenvalue weighted by Gasteiger charge is -2.44. The van der Waals surface area contributed by atoms with Gasteiger partial charge in [-0.3, -0.25) is 9.69 Å². The summed E-state index contributed by atoms with van der Waals surface area (Å²) in [6.07, 6.45) is 1.99. The zero-order valence-corrected chi connectivity index (χ0v) is 13.3. The highest BCUT2D eigenvalue weighted by Crippen LogP contribution is 2.40. The molecule has 2 heterocycles. The van der Waals surface area contributed by atoms with Crippen LogP contribution in [0.25, 0.3) is 0 Å². The van der Waals surface area contributed by atoms with Crippen LogP contribution in [0.2, 0.25) is 0 Å². The van der Waals surface area contributed by atoms with E-state index in [2.05, 4.69) is 15.9 Å². The van der Waals surface area contributed by atoms with E-state index < -0.39 is 5.97 Å². The fraction of sp³-hybridized carbons (Fsp3) is 0.286. The number of carboxylic acid groups (broad SMARTS) is 1.